The highest BCUT2D eigenvalue weighted by Gasteiger charge is 2.42. The van der Waals surface area contributed by atoms with E-state index in [1.165, 1.54) is 7.11 Å². The Kier molecular flexibility index (Phi) is 11.7. The van der Waals surface area contributed by atoms with Crippen molar-refractivity contribution in [2.45, 2.75) is 44.8 Å². The first-order valence-electron chi connectivity index (χ1n) is 17.4. The molecule has 11 nitrogen and oxygen atoms in total. The van der Waals surface area contributed by atoms with Gasteiger partial charge in [0.25, 0.3) is 0 Å². The van der Waals surface area contributed by atoms with E-state index >= 15 is 0 Å². The largest absolute Gasteiger partial charge is 0.464 e. The van der Waals surface area contributed by atoms with Crippen molar-refractivity contribution in [1.29, 1.82) is 0 Å². The van der Waals surface area contributed by atoms with Gasteiger partial charge in [0, 0.05) is 17.7 Å². The number of aliphatic hydroxyl groups is 1. The maximum Gasteiger partial charge on any atom is 0.357 e. The Morgan fingerprint density at radius 3 is 1.70 bits per heavy atom. The van der Waals surface area contributed by atoms with Gasteiger partial charge in [0.2, 0.25) is 0 Å². The molecule has 2 aromatic heterocycles. The molecule has 5 N–H and O–H groups in total. The predicted molar refractivity (Wildman–Crippen MR) is 208 cm³/mol. The summed E-state index contributed by atoms with van der Waals surface area (Å²) in [6.45, 7) is 5.30. The zero-order chi connectivity index (χ0) is 36.3. The highest BCUT2D eigenvalue weighted by molar-refractivity contribution is 5.90. The van der Waals surface area contributed by atoms with E-state index in [4.69, 9.17) is 20.0 Å². The van der Waals surface area contributed by atoms with Crippen LogP contribution in [-0.4, -0.2) is 58.9 Å². The predicted octanol–water partition coefficient (Wildman–Crippen LogP) is 6.35. The summed E-state index contributed by atoms with van der Waals surface area (Å²) in [7, 11) is 1.34. The topological polar surface area (TPSA) is 171 Å². The van der Waals surface area contributed by atoms with Crippen LogP contribution in [0.2, 0.25) is 0 Å². The molecule has 0 atom stereocenters. The lowest BCUT2D eigenvalue weighted by Crippen LogP contribution is -2.39. The molecule has 0 bridgehead atoms. The minimum atomic E-state index is -1.35. The summed E-state index contributed by atoms with van der Waals surface area (Å²) in [6.07, 6.45) is 1.42. The molecule has 0 aliphatic rings. The van der Waals surface area contributed by atoms with Crippen molar-refractivity contribution in [3.8, 4) is 28.2 Å². The number of esters is 1. The second-order valence-corrected chi connectivity index (χ2v) is 13.2. The van der Waals surface area contributed by atoms with Crippen LogP contribution in [0.25, 0.3) is 28.2 Å². The van der Waals surface area contributed by atoms with E-state index in [-0.39, 0.29) is 22.3 Å². The lowest BCUT2D eigenvalue weighted by Gasteiger charge is -2.36. The van der Waals surface area contributed by atoms with Crippen molar-refractivity contribution < 1.29 is 25.6 Å². The number of carbonyl (C=O) groups excluding carboxylic acids is 1. The summed E-state index contributed by atoms with van der Waals surface area (Å²) in [6, 6.07) is 47.0. The number of aryl methyl sites for hydroxylation is 1. The number of hydrogen-bond donors (Lipinski definition) is 1. The number of methoxy groups -OCH3 is 1. The van der Waals surface area contributed by atoms with Crippen LogP contribution in [0.3, 0.4) is 0 Å². The Balaban J connectivity index is 0.00000280. The second-order valence-electron chi connectivity index (χ2n) is 13.2. The van der Waals surface area contributed by atoms with E-state index in [9.17, 15) is 9.90 Å². The first-order valence-corrected chi connectivity index (χ1v) is 17.4. The van der Waals surface area contributed by atoms with Crippen LogP contribution in [-0.2, 0) is 22.3 Å². The van der Waals surface area contributed by atoms with Crippen LogP contribution < -0.4 is 0 Å². The van der Waals surface area contributed by atoms with Crippen molar-refractivity contribution in [1.82, 2.24) is 29.8 Å². The number of hydrogen-bond acceptors (Lipinski definition) is 7. The first-order chi connectivity index (χ1) is 25.3. The summed E-state index contributed by atoms with van der Waals surface area (Å²) < 4.78 is 8.91. The molecule has 0 radical (unpaired) electrons. The Morgan fingerprint density at radius 2 is 1.22 bits per heavy atom. The molecular weight excluding hydrogens is 681 g/mol. The van der Waals surface area contributed by atoms with Gasteiger partial charge in [-0.2, -0.15) is 0 Å². The van der Waals surface area contributed by atoms with Gasteiger partial charge in [-0.1, -0.05) is 134 Å². The molecule has 7 aromatic rings. The molecule has 0 amide bonds. The van der Waals surface area contributed by atoms with Gasteiger partial charge in [0.1, 0.15) is 22.7 Å². The molecule has 7 rings (SSSR count). The van der Waals surface area contributed by atoms with E-state index in [2.05, 4.69) is 54.6 Å². The number of rotatable bonds is 11. The van der Waals surface area contributed by atoms with E-state index in [1.54, 1.807) is 18.4 Å². The van der Waals surface area contributed by atoms with Gasteiger partial charge in [-0.25, -0.2) is 14.5 Å². The molecule has 0 aliphatic carbocycles. The molecule has 54 heavy (non-hydrogen) atoms. The fourth-order valence-corrected chi connectivity index (χ4v) is 7.05. The van der Waals surface area contributed by atoms with Gasteiger partial charge < -0.3 is 20.8 Å². The number of carbonyl (C=O) groups is 1. The average Bonchev–Trinajstić information content (AvgIpc) is 3.83. The normalized spacial score (nSPS) is 11.4. The lowest BCUT2D eigenvalue weighted by molar-refractivity contribution is 0.0535. The second kappa shape index (κ2) is 16.2. The van der Waals surface area contributed by atoms with Crippen LogP contribution in [0.15, 0.2) is 140 Å². The number of tetrazole rings is 1. The molecule has 0 saturated heterocycles. The maximum atomic E-state index is 13.2. The third kappa shape index (κ3) is 6.83. The molecule has 276 valence electrons. The summed E-state index contributed by atoms with van der Waals surface area (Å²) >= 11 is 0. The Hall–Kier alpha value is -6.27. The molecule has 0 saturated carbocycles. The third-order valence-corrected chi connectivity index (χ3v) is 9.35. The highest BCUT2D eigenvalue weighted by atomic mass is 16.5. The zero-order valence-electron chi connectivity index (χ0n) is 30.6. The van der Waals surface area contributed by atoms with Crippen LogP contribution >= 0.6 is 0 Å². The molecule has 2 heterocycles. The molecule has 0 fully saturated rings. The first kappa shape index (κ1) is 38.9. The van der Waals surface area contributed by atoms with E-state index < -0.39 is 17.1 Å². The Bertz CT molecular complexity index is 2200. The molecule has 5 aromatic carbocycles. The maximum absolute atomic E-state index is 13.2. The molecular formula is C43H44N6O5. The van der Waals surface area contributed by atoms with Crippen molar-refractivity contribution in [3.05, 3.63) is 173 Å². The highest BCUT2D eigenvalue weighted by Crippen LogP contribution is 2.43. The van der Waals surface area contributed by atoms with Crippen molar-refractivity contribution in [2.75, 3.05) is 7.11 Å². The van der Waals surface area contributed by atoms with E-state index in [1.807, 2.05) is 102 Å². The van der Waals surface area contributed by atoms with Crippen LogP contribution in [0.1, 0.15) is 65.9 Å². The molecule has 0 unspecified atom stereocenters. The minimum Gasteiger partial charge on any atom is -0.464 e. The zero-order valence-corrected chi connectivity index (χ0v) is 30.6. The van der Waals surface area contributed by atoms with Gasteiger partial charge in [0.05, 0.1) is 7.11 Å². The van der Waals surface area contributed by atoms with Gasteiger partial charge in [-0.3, -0.25) is 4.57 Å². The van der Waals surface area contributed by atoms with Crippen molar-refractivity contribution >= 4 is 5.97 Å². The van der Waals surface area contributed by atoms with Gasteiger partial charge in [-0.05, 0) is 70.6 Å². The molecule has 0 spiro atoms. The fourth-order valence-electron chi connectivity index (χ4n) is 7.05. The Morgan fingerprint density at radius 1 is 0.722 bits per heavy atom. The summed E-state index contributed by atoms with van der Waals surface area (Å²) in [5.74, 6) is 0.706. The Labute approximate surface area is 314 Å². The van der Waals surface area contributed by atoms with Gasteiger partial charge in [0.15, 0.2) is 11.5 Å². The van der Waals surface area contributed by atoms with E-state index in [0.717, 1.165) is 45.5 Å². The third-order valence-electron chi connectivity index (χ3n) is 9.35. The lowest BCUT2D eigenvalue weighted by atomic mass is 9.77. The summed E-state index contributed by atoms with van der Waals surface area (Å²) in [4.78, 5) is 17.9. The molecule has 11 heteroatoms. The molecule has 0 aliphatic heterocycles. The van der Waals surface area contributed by atoms with Gasteiger partial charge in [-0.15, -0.1) is 5.10 Å². The van der Waals surface area contributed by atoms with Gasteiger partial charge >= 0.3 is 5.97 Å². The van der Waals surface area contributed by atoms with Crippen LogP contribution in [0, 0.1) is 0 Å². The number of imidazole rings is 1. The average molecular weight is 725 g/mol. The van der Waals surface area contributed by atoms with Crippen molar-refractivity contribution in [2.24, 2.45) is 0 Å². The van der Waals surface area contributed by atoms with E-state index in [0.29, 0.717) is 18.1 Å². The monoisotopic (exact) mass is 724 g/mol. The smallest absolute Gasteiger partial charge is 0.357 e. The SMILES string of the molecule is CCCc1nc(C(C)(C)O)c(C(=O)OC)n1-c1ccc(-c2ccccc2-c2nnnn2C(c2ccccc2)(c2ccccc2)c2ccccc2)cc1.O.O. The number of ether oxygens (including phenoxy) is 1. The standard InChI is InChI=1S/C43H40N6O3.2H2O/c1-5-17-37-44-39(42(2,3)51)38(41(50)52-4)48(37)34-28-26-30(27-29-34)35-24-15-16-25-36(35)40-45-46-47-49(40)43(31-18-9-6-10-19-31,32-20-11-7-12-21-32)33-22-13-8-14-23-33;;/h6-16,18-29,51H,5,17H2,1-4H3;2*1H2. The summed E-state index contributed by atoms with van der Waals surface area (Å²) in [5, 5.41) is 24.7. The van der Waals surface area contributed by atoms with Crippen molar-refractivity contribution in [3.63, 3.8) is 0 Å². The van der Waals surface area contributed by atoms with Crippen LogP contribution in [0.5, 0.6) is 0 Å². The quantitative estimate of drug-likeness (QED) is 0.120. The minimum absolute atomic E-state index is 0. The number of aromatic nitrogens is 6. The van der Waals surface area contributed by atoms with Crippen LogP contribution in [0.4, 0.5) is 0 Å². The summed E-state index contributed by atoms with van der Waals surface area (Å²) in [5.41, 5.74) is 4.71. The number of nitrogens with zero attached hydrogens (tertiary/aromatic N) is 6. The fraction of sp³-hybridized carbons (Fsp3) is 0.186. The number of benzene rings is 5.